The number of nitrogens with zero attached hydrogens (tertiary/aromatic N) is 2. The molecule has 4 rings (SSSR count). The van der Waals surface area contributed by atoms with Crippen molar-refractivity contribution in [2.45, 2.75) is 58.0 Å². The second-order valence-corrected chi connectivity index (χ2v) is 10.0. The number of hydrogen-bond acceptors (Lipinski definition) is 4. The average Bonchev–Trinajstić information content (AvgIpc) is 3.23. The molecular formula is C28H34N2O3. The van der Waals surface area contributed by atoms with Crippen LogP contribution in [0, 0.1) is 0 Å². The van der Waals surface area contributed by atoms with Gasteiger partial charge in [0.05, 0.1) is 12.8 Å². The van der Waals surface area contributed by atoms with Gasteiger partial charge in [0.2, 0.25) is 0 Å². The Hall–Kier alpha value is -3.08. The van der Waals surface area contributed by atoms with Crippen molar-refractivity contribution in [3.8, 4) is 5.75 Å². The first-order chi connectivity index (χ1) is 15.7. The predicted octanol–water partition coefficient (Wildman–Crippen LogP) is 5.58. The van der Waals surface area contributed by atoms with Gasteiger partial charge in [-0.05, 0) is 35.6 Å². The van der Waals surface area contributed by atoms with Crippen LogP contribution in [-0.4, -0.2) is 42.3 Å². The van der Waals surface area contributed by atoms with E-state index >= 15 is 0 Å². The molecule has 33 heavy (non-hydrogen) atoms. The number of piperidine rings is 1. The van der Waals surface area contributed by atoms with Crippen LogP contribution in [0.2, 0.25) is 0 Å². The molecule has 174 valence electrons. The number of carbonyl (C=O) groups is 1. The van der Waals surface area contributed by atoms with Crippen LogP contribution in [0.4, 0.5) is 0 Å². The van der Waals surface area contributed by atoms with Crippen molar-refractivity contribution in [2.24, 2.45) is 5.16 Å². The van der Waals surface area contributed by atoms with Crippen LogP contribution in [0.1, 0.15) is 63.6 Å². The molecule has 0 saturated carbocycles. The number of allylic oxidation sites excluding steroid dienone is 1. The van der Waals surface area contributed by atoms with Gasteiger partial charge in [-0.25, -0.2) is 0 Å². The lowest BCUT2D eigenvalue weighted by atomic mass is 9.84. The first kappa shape index (κ1) is 23.1. The molecule has 0 N–H and O–H groups in total. The number of likely N-dealkylation sites (tertiary alicyclic amines) is 1. The molecule has 5 nitrogen and oxygen atoms in total. The highest BCUT2D eigenvalue weighted by molar-refractivity contribution is 6.19. The fraction of sp³-hybridized carbons (Fsp3) is 0.429. The first-order valence-electron chi connectivity index (χ1n) is 11.7. The SMILES string of the molecule is CC=C(C(=O)N1CCC2(CC1)CC(c1cccc(OC)c1)=NO2)c1ccc(C(C)(C)C)cc1. The number of carbonyl (C=O) groups excluding carboxylic acids is 1. The molecule has 0 unspecified atom stereocenters. The maximum atomic E-state index is 13.3. The number of amides is 1. The van der Waals surface area contributed by atoms with E-state index in [1.165, 1.54) is 5.56 Å². The summed E-state index contributed by atoms with van der Waals surface area (Å²) in [6.07, 6.45) is 4.23. The number of oxime groups is 1. The van der Waals surface area contributed by atoms with Crippen LogP contribution in [0.15, 0.2) is 59.8 Å². The van der Waals surface area contributed by atoms with Crippen molar-refractivity contribution in [3.05, 3.63) is 71.3 Å². The Balaban J connectivity index is 1.40. The Bertz CT molecular complexity index is 1070. The minimum atomic E-state index is -0.320. The molecule has 1 saturated heterocycles. The molecule has 2 aromatic rings. The summed E-state index contributed by atoms with van der Waals surface area (Å²) in [7, 11) is 1.66. The van der Waals surface area contributed by atoms with Crippen LogP contribution >= 0.6 is 0 Å². The zero-order chi connectivity index (χ0) is 23.6. The minimum Gasteiger partial charge on any atom is -0.497 e. The molecule has 1 fully saturated rings. The van der Waals surface area contributed by atoms with E-state index < -0.39 is 0 Å². The van der Waals surface area contributed by atoms with E-state index in [0.717, 1.165) is 47.4 Å². The van der Waals surface area contributed by atoms with Crippen LogP contribution in [0.3, 0.4) is 0 Å². The highest BCUT2D eigenvalue weighted by Gasteiger charge is 2.43. The van der Waals surface area contributed by atoms with Crippen LogP contribution in [-0.2, 0) is 15.0 Å². The zero-order valence-electron chi connectivity index (χ0n) is 20.4. The lowest BCUT2D eigenvalue weighted by molar-refractivity contribution is -0.130. The first-order valence-corrected chi connectivity index (χ1v) is 11.7. The van der Waals surface area contributed by atoms with Crippen molar-refractivity contribution < 1.29 is 14.4 Å². The Labute approximate surface area is 197 Å². The lowest BCUT2D eigenvalue weighted by Crippen LogP contribution is -2.47. The number of methoxy groups -OCH3 is 1. The molecule has 2 aliphatic heterocycles. The monoisotopic (exact) mass is 446 g/mol. The molecule has 0 bridgehead atoms. The molecule has 0 aliphatic carbocycles. The van der Waals surface area contributed by atoms with Crippen LogP contribution < -0.4 is 4.74 Å². The normalized spacial score (nSPS) is 18.2. The zero-order valence-corrected chi connectivity index (χ0v) is 20.4. The van der Waals surface area contributed by atoms with Gasteiger partial charge in [0.15, 0.2) is 0 Å². The lowest BCUT2D eigenvalue weighted by Gasteiger charge is -2.37. The van der Waals surface area contributed by atoms with Crippen molar-refractivity contribution in [2.75, 3.05) is 20.2 Å². The van der Waals surface area contributed by atoms with Crippen molar-refractivity contribution >= 4 is 17.2 Å². The third-order valence-corrected chi connectivity index (χ3v) is 6.78. The summed E-state index contributed by atoms with van der Waals surface area (Å²) in [5, 5.41) is 4.40. The topological polar surface area (TPSA) is 51.1 Å². The van der Waals surface area contributed by atoms with E-state index in [9.17, 15) is 4.79 Å². The summed E-state index contributed by atoms with van der Waals surface area (Å²) in [5.74, 6) is 0.897. The number of ether oxygens (including phenoxy) is 1. The van der Waals surface area contributed by atoms with E-state index in [-0.39, 0.29) is 16.9 Å². The van der Waals surface area contributed by atoms with Gasteiger partial charge < -0.3 is 14.5 Å². The summed E-state index contributed by atoms with van der Waals surface area (Å²) in [4.78, 5) is 21.3. The molecule has 2 aromatic carbocycles. The van der Waals surface area contributed by atoms with Gasteiger partial charge in [0.25, 0.3) is 5.91 Å². The van der Waals surface area contributed by atoms with E-state index in [2.05, 4.69) is 50.2 Å². The summed E-state index contributed by atoms with van der Waals surface area (Å²) < 4.78 is 5.34. The Morgan fingerprint density at radius 1 is 1.12 bits per heavy atom. The molecule has 1 spiro atoms. The number of benzene rings is 2. The molecular weight excluding hydrogens is 412 g/mol. The number of hydrogen-bond donors (Lipinski definition) is 0. The Morgan fingerprint density at radius 3 is 2.42 bits per heavy atom. The van der Waals surface area contributed by atoms with E-state index in [1.807, 2.05) is 42.2 Å². The van der Waals surface area contributed by atoms with Crippen LogP contribution in [0.5, 0.6) is 5.75 Å². The number of rotatable bonds is 4. The van der Waals surface area contributed by atoms with Gasteiger partial charge >= 0.3 is 0 Å². The van der Waals surface area contributed by atoms with E-state index in [0.29, 0.717) is 13.1 Å². The van der Waals surface area contributed by atoms with Gasteiger partial charge in [0.1, 0.15) is 11.4 Å². The summed E-state index contributed by atoms with van der Waals surface area (Å²) in [6.45, 7) is 9.85. The second-order valence-electron chi connectivity index (χ2n) is 10.0. The molecule has 0 radical (unpaired) electrons. The van der Waals surface area contributed by atoms with Crippen LogP contribution in [0.25, 0.3) is 5.57 Å². The molecule has 5 heteroatoms. The second kappa shape index (κ2) is 9.05. The summed E-state index contributed by atoms with van der Waals surface area (Å²) in [6, 6.07) is 16.3. The van der Waals surface area contributed by atoms with Gasteiger partial charge in [-0.15, -0.1) is 0 Å². The largest absolute Gasteiger partial charge is 0.497 e. The fourth-order valence-corrected chi connectivity index (χ4v) is 4.60. The van der Waals surface area contributed by atoms with Crippen molar-refractivity contribution in [1.29, 1.82) is 0 Å². The van der Waals surface area contributed by atoms with Crippen molar-refractivity contribution in [3.63, 3.8) is 0 Å². The average molecular weight is 447 g/mol. The van der Waals surface area contributed by atoms with Gasteiger partial charge in [0, 0.05) is 43.5 Å². The van der Waals surface area contributed by atoms with Gasteiger partial charge in [-0.2, -0.15) is 0 Å². The third kappa shape index (κ3) is 4.82. The maximum absolute atomic E-state index is 13.3. The summed E-state index contributed by atoms with van der Waals surface area (Å²) >= 11 is 0. The molecule has 2 aliphatic rings. The quantitative estimate of drug-likeness (QED) is 0.576. The fourth-order valence-electron chi connectivity index (χ4n) is 4.60. The van der Waals surface area contributed by atoms with Crippen molar-refractivity contribution in [1.82, 2.24) is 4.90 Å². The smallest absolute Gasteiger partial charge is 0.254 e. The third-order valence-electron chi connectivity index (χ3n) is 6.78. The predicted molar refractivity (Wildman–Crippen MR) is 133 cm³/mol. The molecule has 0 atom stereocenters. The van der Waals surface area contributed by atoms with Gasteiger partial charge in [-0.1, -0.05) is 68.4 Å². The Kier molecular flexibility index (Phi) is 6.33. The molecule has 0 aromatic heterocycles. The Morgan fingerprint density at radius 2 is 1.82 bits per heavy atom. The standard InChI is InChI=1S/C28H34N2O3/c1-6-24(20-10-12-22(13-11-20)27(2,3)4)26(31)30-16-14-28(15-17-30)19-25(29-33-28)21-8-7-9-23(18-21)32-5/h6-13,18H,14-17,19H2,1-5H3. The minimum absolute atomic E-state index is 0.0859. The maximum Gasteiger partial charge on any atom is 0.254 e. The molecule has 2 heterocycles. The van der Waals surface area contributed by atoms with Gasteiger partial charge in [-0.3, -0.25) is 4.79 Å². The van der Waals surface area contributed by atoms with E-state index in [4.69, 9.17) is 9.57 Å². The molecule has 1 amide bonds. The highest BCUT2D eigenvalue weighted by atomic mass is 16.7. The highest BCUT2D eigenvalue weighted by Crippen LogP contribution is 2.37. The summed E-state index contributed by atoms with van der Waals surface area (Å²) in [5.41, 5.74) is 4.73. The van der Waals surface area contributed by atoms with E-state index in [1.54, 1.807) is 7.11 Å².